The minimum atomic E-state index is -1.01. The number of carbonyl (C=O) groups is 1. The lowest BCUT2D eigenvalue weighted by Crippen LogP contribution is -2.71. The van der Waals surface area contributed by atoms with Crippen molar-refractivity contribution in [3.05, 3.63) is 65.7 Å². The summed E-state index contributed by atoms with van der Waals surface area (Å²) in [5.41, 5.74) is 1.23. The molecule has 0 unspecified atom stereocenters. The molecule has 23 heavy (non-hydrogen) atoms. The maximum Gasteiger partial charge on any atom is 0.255 e. The Morgan fingerprint density at radius 3 is 2.30 bits per heavy atom. The third-order valence-electron chi connectivity index (χ3n) is 4.85. The molecule has 3 rings (SSSR count). The fourth-order valence-electron chi connectivity index (χ4n) is 3.36. The van der Waals surface area contributed by atoms with Crippen molar-refractivity contribution in [2.24, 2.45) is 0 Å². The molecule has 1 amide bonds. The number of aliphatic hydroxyl groups is 1. The van der Waals surface area contributed by atoms with E-state index in [1.54, 1.807) is 12.0 Å². The molecule has 1 N–H and O–H groups in total. The Morgan fingerprint density at radius 2 is 1.74 bits per heavy atom. The standard InChI is InChI=1S/C19H21NO3/c1-13(14-9-11-16(23-3)12-10-14)20-18(22)17(21)19(20,2)15-7-5-4-6-8-15/h4-13,17,21H,1-3H3/t13-,17-,19-/m0/s1. The third-order valence-corrected chi connectivity index (χ3v) is 4.85. The fourth-order valence-corrected chi connectivity index (χ4v) is 3.36. The van der Waals surface area contributed by atoms with Gasteiger partial charge in [-0.15, -0.1) is 0 Å². The van der Waals surface area contributed by atoms with E-state index in [0.29, 0.717) is 0 Å². The highest BCUT2D eigenvalue weighted by Crippen LogP contribution is 2.46. The first-order chi connectivity index (χ1) is 11.0. The van der Waals surface area contributed by atoms with E-state index in [4.69, 9.17) is 4.74 Å². The van der Waals surface area contributed by atoms with Gasteiger partial charge in [-0.2, -0.15) is 0 Å². The number of carbonyl (C=O) groups excluding carboxylic acids is 1. The van der Waals surface area contributed by atoms with E-state index in [9.17, 15) is 9.90 Å². The van der Waals surface area contributed by atoms with Gasteiger partial charge in [0.05, 0.1) is 13.2 Å². The molecular formula is C19H21NO3. The van der Waals surface area contributed by atoms with Crippen molar-refractivity contribution < 1.29 is 14.6 Å². The first-order valence-electron chi connectivity index (χ1n) is 7.71. The van der Waals surface area contributed by atoms with Crippen LogP contribution < -0.4 is 4.74 Å². The largest absolute Gasteiger partial charge is 0.497 e. The summed E-state index contributed by atoms with van der Waals surface area (Å²) >= 11 is 0. The van der Waals surface area contributed by atoms with Gasteiger partial charge in [0.2, 0.25) is 0 Å². The first-order valence-corrected chi connectivity index (χ1v) is 7.71. The molecule has 120 valence electrons. The molecule has 0 bridgehead atoms. The molecule has 1 fully saturated rings. The fraction of sp³-hybridized carbons (Fsp3) is 0.316. The van der Waals surface area contributed by atoms with Gasteiger partial charge in [-0.25, -0.2) is 0 Å². The summed E-state index contributed by atoms with van der Waals surface area (Å²) in [6, 6.07) is 17.2. The van der Waals surface area contributed by atoms with Crippen LogP contribution in [0.3, 0.4) is 0 Å². The lowest BCUT2D eigenvalue weighted by atomic mass is 9.75. The number of likely N-dealkylation sites (tertiary alicyclic amines) is 1. The molecule has 0 saturated carbocycles. The zero-order valence-electron chi connectivity index (χ0n) is 13.6. The normalized spacial score (nSPS) is 25.0. The van der Waals surface area contributed by atoms with Gasteiger partial charge in [0.15, 0.2) is 6.10 Å². The Morgan fingerprint density at radius 1 is 1.13 bits per heavy atom. The maximum absolute atomic E-state index is 12.3. The molecule has 3 atom stereocenters. The summed E-state index contributed by atoms with van der Waals surface area (Å²) in [6.07, 6.45) is -1.01. The van der Waals surface area contributed by atoms with E-state index in [1.807, 2.05) is 68.4 Å². The molecule has 4 heteroatoms. The van der Waals surface area contributed by atoms with E-state index >= 15 is 0 Å². The lowest BCUT2D eigenvalue weighted by Gasteiger charge is -2.56. The number of benzene rings is 2. The predicted molar refractivity (Wildman–Crippen MR) is 88.1 cm³/mol. The van der Waals surface area contributed by atoms with Crippen molar-refractivity contribution in [2.75, 3.05) is 7.11 Å². The van der Waals surface area contributed by atoms with Crippen LogP contribution in [0, 0.1) is 0 Å². The van der Waals surface area contributed by atoms with Crippen LogP contribution in [0.4, 0.5) is 0 Å². The molecule has 2 aromatic rings. The second-order valence-corrected chi connectivity index (χ2v) is 6.07. The van der Waals surface area contributed by atoms with Gasteiger partial charge in [-0.1, -0.05) is 42.5 Å². The van der Waals surface area contributed by atoms with Crippen LogP contribution in [0.5, 0.6) is 5.75 Å². The zero-order valence-corrected chi connectivity index (χ0v) is 13.6. The molecule has 4 nitrogen and oxygen atoms in total. The van der Waals surface area contributed by atoms with Gasteiger partial charge >= 0.3 is 0 Å². The topological polar surface area (TPSA) is 49.8 Å². The highest BCUT2D eigenvalue weighted by atomic mass is 16.5. The van der Waals surface area contributed by atoms with Crippen molar-refractivity contribution in [1.29, 1.82) is 0 Å². The molecular weight excluding hydrogens is 290 g/mol. The van der Waals surface area contributed by atoms with Gasteiger partial charge in [-0.3, -0.25) is 4.79 Å². The maximum atomic E-state index is 12.3. The van der Waals surface area contributed by atoms with E-state index in [2.05, 4.69) is 0 Å². The third kappa shape index (κ3) is 2.30. The summed E-state index contributed by atoms with van der Waals surface area (Å²) in [7, 11) is 1.63. The Labute approximate surface area is 136 Å². The molecule has 1 aliphatic heterocycles. The highest BCUT2D eigenvalue weighted by Gasteiger charge is 2.59. The Kier molecular flexibility index (Phi) is 3.86. The number of hydrogen-bond acceptors (Lipinski definition) is 3. The molecule has 0 radical (unpaired) electrons. The smallest absolute Gasteiger partial charge is 0.255 e. The van der Waals surface area contributed by atoms with Crippen molar-refractivity contribution in [1.82, 2.24) is 4.90 Å². The number of rotatable bonds is 4. The number of aliphatic hydroxyl groups excluding tert-OH is 1. The molecule has 1 heterocycles. The Balaban J connectivity index is 1.94. The quantitative estimate of drug-likeness (QED) is 0.883. The Hall–Kier alpha value is -2.33. The second-order valence-electron chi connectivity index (χ2n) is 6.07. The van der Waals surface area contributed by atoms with Crippen LogP contribution in [0.2, 0.25) is 0 Å². The summed E-state index contributed by atoms with van der Waals surface area (Å²) < 4.78 is 5.18. The molecule has 2 aromatic carbocycles. The van der Waals surface area contributed by atoms with Gasteiger partial charge < -0.3 is 14.7 Å². The van der Waals surface area contributed by atoms with Crippen LogP contribution in [-0.4, -0.2) is 29.1 Å². The van der Waals surface area contributed by atoms with E-state index < -0.39 is 11.6 Å². The molecule has 0 aromatic heterocycles. The lowest BCUT2D eigenvalue weighted by molar-refractivity contribution is -0.191. The molecule has 1 saturated heterocycles. The predicted octanol–water partition coefficient (Wildman–Crippen LogP) is 2.87. The van der Waals surface area contributed by atoms with Crippen molar-refractivity contribution >= 4 is 5.91 Å². The van der Waals surface area contributed by atoms with Crippen molar-refractivity contribution in [3.8, 4) is 5.75 Å². The average molecular weight is 311 g/mol. The number of amides is 1. The SMILES string of the molecule is COc1ccc([C@H](C)N2C(=O)[C@H](O)[C@]2(C)c2ccccc2)cc1. The summed E-state index contributed by atoms with van der Waals surface area (Å²) in [6.45, 7) is 3.89. The highest BCUT2D eigenvalue weighted by molar-refractivity contribution is 5.91. The minimum Gasteiger partial charge on any atom is -0.497 e. The average Bonchev–Trinajstić information content (AvgIpc) is 2.61. The molecule has 0 spiro atoms. The van der Waals surface area contributed by atoms with Crippen molar-refractivity contribution in [3.63, 3.8) is 0 Å². The number of methoxy groups -OCH3 is 1. The number of ether oxygens (including phenoxy) is 1. The summed E-state index contributed by atoms with van der Waals surface area (Å²) in [4.78, 5) is 14.1. The van der Waals surface area contributed by atoms with Gasteiger partial charge in [-0.05, 0) is 37.1 Å². The van der Waals surface area contributed by atoms with E-state index in [0.717, 1.165) is 16.9 Å². The molecule has 0 aliphatic carbocycles. The summed E-state index contributed by atoms with van der Waals surface area (Å²) in [5, 5.41) is 10.3. The van der Waals surface area contributed by atoms with Crippen LogP contribution in [0.15, 0.2) is 54.6 Å². The van der Waals surface area contributed by atoms with Gasteiger partial charge in [0.1, 0.15) is 11.3 Å². The van der Waals surface area contributed by atoms with E-state index in [-0.39, 0.29) is 11.9 Å². The minimum absolute atomic E-state index is 0.137. The number of β-lactam (4-membered cyclic amide) rings is 1. The van der Waals surface area contributed by atoms with Crippen LogP contribution in [0.1, 0.15) is 31.0 Å². The summed E-state index contributed by atoms with van der Waals surface area (Å²) in [5.74, 6) is 0.543. The number of nitrogens with zero attached hydrogens (tertiary/aromatic N) is 1. The van der Waals surface area contributed by atoms with Gasteiger partial charge in [0.25, 0.3) is 5.91 Å². The second kappa shape index (κ2) is 5.70. The van der Waals surface area contributed by atoms with Crippen LogP contribution in [0.25, 0.3) is 0 Å². The van der Waals surface area contributed by atoms with Crippen molar-refractivity contribution in [2.45, 2.75) is 31.5 Å². The molecule has 1 aliphatic rings. The Bertz CT molecular complexity index is 698. The van der Waals surface area contributed by atoms with Crippen LogP contribution in [-0.2, 0) is 10.3 Å². The van der Waals surface area contributed by atoms with E-state index in [1.165, 1.54) is 0 Å². The monoisotopic (exact) mass is 311 g/mol. The van der Waals surface area contributed by atoms with Crippen LogP contribution >= 0.6 is 0 Å². The van der Waals surface area contributed by atoms with Gasteiger partial charge in [0, 0.05) is 0 Å². The number of hydrogen-bond donors (Lipinski definition) is 1. The zero-order chi connectivity index (χ0) is 16.6. The first kappa shape index (κ1) is 15.6.